The summed E-state index contributed by atoms with van der Waals surface area (Å²) in [7, 11) is -4.03. The maximum absolute atomic E-state index is 13.1. The zero-order valence-electron chi connectivity index (χ0n) is 10.6. The van der Waals surface area contributed by atoms with Crippen LogP contribution in [0.25, 0.3) is 0 Å². The average molecular weight is 305 g/mol. The normalized spacial score (nSPS) is 23.9. The minimum atomic E-state index is -4.03. The summed E-state index contributed by atoms with van der Waals surface area (Å²) in [5.74, 6) is -4.26. The van der Waals surface area contributed by atoms with Crippen LogP contribution in [0.5, 0.6) is 0 Å². The number of nitrogens with zero attached hydrogens (tertiary/aromatic N) is 1. The van der Waals surface area contributed by atoms with Gasteiger partial charge in [0.25, 0.3) is 0 Å². The maximum atomic E-state index is 13.1. The van der Waals surface area contributed by atoms with E-state index in [0.717, 1.165) is 16.4 Å². The van der Waals surface area contributed by atoms with Crippen molar-refractivity contribution in [1.82, 2.24) is 4.31 Å². The molecule has 1 heterocycles. The van der Waals surface area contributed by atoms with Crippen LogP contribution in [0.4, 0.5) is 8.78 Å². The fraction of sp³-hybridized carbons (Fsp3) is 0.417. The van der Waals surface area contributed by atoms with Gasteiger partial charge in [0.2, 0.25) is 10.0 Å². The number of aliphatic carboxylic acids is 1. The zero-order valence-corrected chi connectivity index (χ0v) is 11.4. The van der Waals surface area contributed by atoms with Crippen LogP contribution in [0, 0.1) is 17.6 Å². The van der Waals surface area contributed by atoms with E-state index in [2.05, 4.69) is 0 Å². The van der Waals surface area contributed by atoms with Gasteiger partial charge in [0, 0.05) is 12.6 Å². The predicted octanol–water partition coefficient (Wildman–Crippen LogP) is 1.45. The Morgan fingerprint density at radius 1 is 1.35 bits per heavy atom. The molecule has 2 rings (SSSR count). The van der Waals surface area contributed by atoms with Gasteiger partial charge < -0.3 is 5.11 Å². The van der Waals surface area contributed by atoms with Crippen LogP contribution in [-0.2, 0) is 14.8 Å². The highest BCUT2D eigenvalue weighted by Gasteiger charge is 2.42. The minimum Gasteiger partial charge on any atom is -0.481 e. The first-order valence-electron chi connectivity index (χ1n) is 5.95. The molecule has 1 aliphatic heterocycles. The summed E-state index contributed by atoms with van der Waals surface area (Å²) in [4.78, 5) is 10.6. The number of sulfonamides is 1. The van der Waals surface area contributed by atoms with Crippen LogP contribution in [-0.4, -0.2) is 36.4 Å². The molecule has 1 fully saturated rings. The SMILES string of the molecule is CC1C(C(=O)O)CCN1S(=O)(=O)c1ccc(F)c(F)c1. The van der Waals surface area contributed by atoms with Crippen LogP contribution >= 0.6 is 0 Å². The topological polar surface area (TPSA) is 74.7 Å². The van der Waals surface area contributed by atoms with Crippen molar-refractivity contribution in [3.63, 3.8) is 0 Å². The van der Waals surface area contributed by atoms with Gasteiger partial charge in [-0.2, -0.15) is 4.31 Å². The van der Waals surface area contributed by atoms with Gasteiger partial charge in [-0.05, 0) is 31.5 Å². The highest BCUT2D eigenvalue weighted by molar-refractivity contribution is 7.89. The Bertz CT molecular complexity index is 647. The number of carboxylic acid groups (broad SMARTS) is 1. The molecule has 0 aromatic heterocycles. The standard InChI is InChI=1S/C12H13F2NO4S/c1-7-9(12(16)17)4-5-15(7)20(18,19)8-2-3-10(13)11(14)6-8/h2-3,6-7,9H,4-5H2,1H3,(H,16,17). The van der Waals surface area contributed by atoms with Crippen molar-refractivity contribution >= 4 is 16.0 Å². The molecule has 1 aromatic carbocycles. The Labute approximate surface area is 114 Å². The number of hydrogen-bond donors (Lipinski definition) is 1. The molecule has 0 spiro atoms. The first-order chi connectivity index (χ1) is 9.25. The Hall–Kier alpha value is -1.54. The van der Waals surface area contributed by atoms with Crippen LogP contribution < -0.4 is 0 Å². The Morgan fingerprint density at radius 2 is 2.00 bits per heavy atom. The van der Waals surface area contributed by atoms with E-state index in [-0.39, 0.29) is 17.9 Å². The summed E-state index contributed by atoms with van der Waals surface area (Å²) in [5, 5.41) is 8.99. The lowest BCUT2D eigenvalue weighted by Gasteiger charge is -2.22. The van der Waals surface area contributed by atoms with Crippen molar-refractivity contribution in [3.8, 4) is 0 Å². The molecule has 0 aliphatic carbocycles. The summed E-state index contributed by atoms with van der Waals surface area (Å²) < 4.78 is 51.6. The minimum absolute atomic E-state index is 0.0411. The van der Waals surface area contributed by atoms with Crippen LogP contribution in [0.2, 0.25) is 0 Å². The van der Waals surface area contributed by atoms with Gasteiger partial charge in [-0.3, -0.25) is 4.79 Å². The van der Waals surface area contributed by atoms with E-state index < -0.39 is 39.6 Å². The van der Waals surface area contributed by atoms with Crippen molar-refractivity contribution in [3.05, 3.63) is 29.8 Å². The molecule has 5 nitrogen and oxygen atoms in total. The molecule has 1 aliphatic rings. The predicted molar refractivity (Wildman–Crippen MR) is 65.5 cm³/mol. The Kier molecular flexibility index (Phi) is 3.79. The number of rotatable bonds is 3. The fourth-order valence-corrected chi connectivity index (χ4v) is 4.05. The molecule has 1 aromatic rings. The third kappa shape index (κ3) is 2.40. The second kappa shape index (κ2) is 5.10. The van der Waals surface area contributed by atoms with Crippen molar-refractivity contribution in [2.75, 3.05) is 6.54 Å². The maximum Gasteiger partial charge on any atom is 0.308 e. The molecule has 2 unspecified atom stereocenters. The van der Waals surface area contributed by atoms with E-state index >= 15 is 0 Å². The monoisotopic (exact) mass is 305 g/mol. The molecule has 2 atom stereocenters. The van der Waals surface area contributed by atoms with Gasteiger partial charge in [0.15, 0.2) is 11.6 Å². The first kappa shape index (κ1) is 14.9. The van der Waals surface area contributed by atoms with Crippen molar-refractivity contribution in [1.29, 1.82) is 0 Å². The smallest absolute Gasteiger partial charge is 0.308 e. The van der Waals surface area contributed by atoms with Crippen LogP contribution in [0.3, 0.4) is 0 Å². The van der Waals surface area contributed by atoms with E-state index in [1.54, 1.807) is 0 Å². The molecule has 1 N–H and O–H groups in total. The van der Waals surface area contributed by atoms with Gasteiger partial charge in [-0.25, -0.2) is 17.2 Å². The molecule has 0 bridgehead atoms. The van der Waals surface area contributed by atoms with Crippen molar-refractivity contribution in [2.24, 2.45) is 5.92 Å². The quantitative estimate of drug-likeness (QED) is 0.917. The molecular formula is C12H13F2NO4S. The van der Waals surface area contributed by atoms with Crippen molar-refractivity contribution in [2.45, 2.75) is 24.3 Å². The lowest BCUT2D eigenvalue weighted by atomic mass is 10.0. The Morgan fingerprint density at radius 3 is 2.50 bits per heavy atom. The number of benzene rings is 1. The van der Waals surface area contributed by atoms with Crippen molar-refractivity contribution < 1.29 is 27.1 Å². The molecule has 110 valence electrons. The third-order valence-corrected chi connectivity index (χ3v) is 5.49. The fourth-order valence-electron chi connectivity index (χ4n) is 2.35. The number of carbonyl (C=O) groups is 1. The summed E-state index contributed by atoms with van der Waals surface area (Å²) >= 11 is 0. The van der Waals surface area contributed by atoms with E-state index in [1.165, 1.54) is 6.92 Å². The summed E-state index contributed by atoms with van der Waals surface area (Å²) in [6.07, 6.45) is 0.194. The second-order valence-corrected chi connectivity index (χ2v) is 6.56. The van der Waals surface area contributed by atoms with E-state index in [0.29, 0.717) is 6.07 Å². The number of carboxylic acids is 1. The highest BCUT2D eigenvalue weighted by atomic mass is 32.2. The van der Waals surface area contributed by atoms with Gasteiger partial charge in [-0.1, -0.05) is 0 Å². The van der Waals surface area contributed by atoms with E-state index in [4.69, 9.17) is 5.11 Å². The van der Waals surface area contributed by atoms with Gasteiger partial charge in [-0.15, -0.1) is 0 Å². The molecule has 0 amide bonds. The third-order valence-electron chi connectivity index (χ3n) is 3.51. The first-order valence-corrected chi connectivity index (χ1v) is 7.39. The van der Waals surface area contributed by atoms with Crippen LogP contribution in [0.15, 0.2) is 23.1 Å². The highest BCUT2D eigenvalue weighted by Crippen LogP contribution is 2.30. The number of hydrogen-bond acceptors (Lipinski definition) is 3. The van der Waals surface area contributed by atoms with Gasteiger partial charge in [0.1, 0.15) is 0 Å². The largest absolute Gasteiger partial charge is 0.481 e. The molecular weight excluding hydrogens is 292 g/mol. The van der Waals surface area contributed by atoms with E-state index in [1.807, 2.05) is 0 Å². The van der Waals surface area contributed by atoms with Gasteiger partial charge in [0.05, 0.1) is 10.8 Å². The molecule has 1 saturated heterocycles. The molecule has 20 heavy (non-hydrogen) atoms. The summed E-state index contributed by atoms with van der Waals surface area (Å²) in [6.45, 7) is 1.53. The Balaban J connectivity index is 2.36. The average Bonchev–Trinajstić information content (AvgIpc) is 2.75. The lowest BCUT2D eigenvalue weighted by molar-refractivity contribution is -0.142. The van der Waals surface area contributed by atoms with Crippen LogP contribution in [0.1, 0.15) is 13.3 Å². The molecule has 0 radical (unpaired) electrons. The molecule has 0 saturated carbocycles. The lowest BCUT2D eigenvalue weighted by Crippen LogP contribution is -2.37. The second-order valence-electron chi connectivity index (χ2n) is 4.67. The summed E-state index contributed by atoms with van der Waals surface area (Å²) in [5.41, 5.74) is 0. The van der Waals surface area contributed by atoms with E-state index in [9.17, 15) is 22.0 Å². The number of halogens is 2. The molecule has 8 heteroatoms. The summed E-state index contributed by atoms with van der Waals surface area (Å²) in [6, 6.07) is 1.57. The van der Waals surface area contributed by atoms with Gasteiger partial charge >= 0.3 is 5.97 Å². The zero-order chi connectivity index (χ0) is 15.1.